The summed E-state index contributed by atoms with van der Waals surface area (Å²) in [7, 11) is 0. The van der Waals surface area contributed by atoms with Crippen molar-refractivity contribution in [1.29, 1.82) is 0 Å². The van der Waals surface area contributed by atoms with Crippen LogP contribution in [-0.2, 0) is 0 Å². The fourth-order valence-corrected chi connectivity index (χ4v) is 2.44. The van der Waals surface area contributed by atoms with Gasteiger partial charge in [-0.15, -0.1) is 12.4 Å². The number of nitrogens with one attached hydrogen (secondary N) is 1. The molecule has 1 heterocycles. The van der Waals surface area contributed by atoms with Crippen molar-refractivity contribution >= 4 is 12.4 Å². The number of nitrogens with zero attached hydrogens (tertiary/aromatic N) is 1. The molecule has 0 amide bonds. The van der Waals surface area contributed by atoms with E-state index in [1.165, 1.54) is 18.2 Å². The molecule has 1 N–H and O–H groups in total. The third kappa shape index (κ3) is 3.84. The zero-order valence-corrected chi connectivity index (χ0v) is 11.4. The first kappa shape index (κ1) is 16.3. The van der Waals surface area contributed by atoms with E-state index in [1.54, 1.807) is 0 Å². The van der Waals surface area contributed by atoms with Gasteiger partial charge in [0.2, 0.25) is 0 Å². The SMILES string of the molecule is Cl.FCC[C@H](c1c(F)cccc1F)N1CCNCC1. The van der Waals surface area contributed by atoms with Crippen molar-refractivity contribution in [3.8, 4) is 0 Å². The molecule has 0 aliphatic carbocycles. The summed E-state index contributed by atoms with van der Waals surface area (Å²) >= 11 is 0. The number of piperazine rings is 1. The zero-order valence-electron chi connectivity index (χ0n) is 10.5. The number of hydrogen-bond acceptors (Lipinski definition) is 2. The Bertz CT molecular complexity index is 377. The van der Waals surface area contributed by atoms with Crippen molar-refractivity contribution in [2.45, 2.75) is 12.5 Å². The fourth-order valence-electron chi connectivity index (χ4n) is 2.44. The Kier molecular flexibility index (Phi) is 6.62. The molecule has 19 heavy (non-hydrogen) atoms. The van der Waals surface area contributed by atoms with Crippen LogP contribution >= 0.6 is 12.4 Å². The molecule has 1 aromatic rings. The molecule has 2 rings (SSSR count). The van der Waals surface area contributed by atoms with E-state index in [1.807, 2.05) is 4.90 Å². The minimum absolute atomic E-state index is 0. The van der Waals surface area contributed by atoms with Crippen LogP contribution in [0, 0.1) is 11.6 Å². The highest BCUT2D eigenvalue weighted by atomic mass is 35.5. The molecular weight excluding hydrogens is 277 g/mol. The first-order valence-electron chi connectivity index (χ1n) is 6.18. The molecule has 1 fully saturated rings. The van der Waals surface area contributed by atoms with Gasteiger partial charge in [0.25, 0.3) is 0 Å². The lowest BCUT2D eigenvalue weighted by atomic mass is 10.0. The molecule has 0 unspecified atom stereocenters. The minimum Gasteiger partial charge on any atom is -0.314 e. The highest BCUT2D eigenvalue weighted by Crippen LogP contribution is 2.29. The van der Waals surface area contributed by atoms with E-state index in [9.17, 15) is 13.2 Å². The molecule has 1 aromatic carbocycles. The van der Waals surface area contributed by atoms with E-state index in [4.69, 9.17) is 0 Å². The molecule has 108 valence electrons. The van der Waals surface area contributed by atoms with Gasteiger partial charge in [-0.2, -0.15) is 0 Å². The smallest absolute Gasteiger partial charge is 0.130 e. The van der Waals surface area contributed by atoms with Crippen LogP contribution in [0.5, 0.6) is 0 Å². The Labute approximate surface area is 117 Å². The zero-order chi connectivity index (χ0) is 13.0. The lowest BCUT2D eigenvalue weighted by Crippen LogP contribution is -2.45. The molecule has 1 saturated heterocycles. The van der Waals surface area contributed by atoms with Crippen LogP contribution in [0.4, 0.5) is 13.2 Å². The van der Waals surface area contributed by atoms with Gasteiger partial charge in [0.05, 0.1) is 6.67 Å². The summed E-state index contributed by atoms with van der Waals surface area (Å²) < 4.78 is 40.2. The fraction of sp³-hybridized carbons (Fsp3) is 0.538. The van der Waals surface area contributed by atoms with Crippen LogP contribution in [0.1, 0.15) is 18.0 Å². The first-order valence-corrected chi connectivity index (χ1v) is 6.18. The highest BCUT2D eigenvalue weighted by Gasteiger charge is 2.26. The molecule has 2 nitrogen and oxygen atoms in total. The molecule has 1 aliphatic heterocycles. The van der Waals surface area contributed by atoms with Crippen molar-refractivity contribution in [3.63, 3.8) is 0 Å². The second-order valence-electron chi connectivity index (χ2n) is 4.41. The van der Waals surface area contributed by atoms with E-state index in [-0.39, 0.29) is 24.4 Å². The van der Waals surface area contributed by atoms with Crippen molar-refractivity contribution in [2.24, 2.45) is 0 Å². The maximum Gasteiger partial charge on any atom is 0.130 e. The quantitative estimate of drug-likeness (QED) is 0.918. The Morgan fingerprint density at radius 2 is 1.74 bits per heavy atom. The van der Waals surface area contributed by atoms with Crippen molar-refractivity contribution in [3.05, 3.63) is 35.4 Å². The summed E-state index contributed by atoms with van der Waals surface area (Å²) in [5, 5.41) is 3.17. The second-order valence-corrected chi connectivity index (χ2v) is 4.41. The predicted octanol–water partition coefficient (Wildman–Crippen LogP) is 2.69. The van der Waals surface area contributed by atoms with E-state index in [0.717, 1.165) is 13.1 Å². The molecule has 0 bridgehead atoms. The Morgan fingerprint density at radius 3 is 2.26 bits per heavy atom. The monoisotopic (exact) mass is 294 g/mol. The topological polar surface area (TPSA) is 15.3 Å². The van der Waals surface area contributed by atoms with Crippen LogP contribution in [-0.4, -0.2) is 37.8 Å². The lowest BCUT2D eigenvalue weighted by molar-refractivity contribution is 0.151. The molecule has 0 radical (unpaired) electrons. The van der Waals surface area contributed by atoms with Gasteiger partial charge in [0.1, 0.15) is 11.6 Å². The van der Waals surface area contributed by atoms with Crippen LogP contribution in [0.15, 0.2) is 18.2 Å². The van der Waals surface area contributed by atoms with Gasteiger partial charge < -0.3 is 5.32 Å². The number of rotatable bonds is 4. The normalized spacial score (nSPS) is 17.8. The first-order chi connectivity index (χ1) is 8.74. The van der Waals surface area contributed by atoms with E-state index in [2.05, 4.69) is 5.32 Å². The van der Waals surface area contributed by atoms with Crippen molar-refractivity contribution < 1.29 is 13.2 Å². The van der Waals surface area contributed by atoms with Crippen LogP contribution < -0.4 is 5.32 Å². The molecule has 1 atom stereocenters. The summed E-state index contributed by atoms with van der Waals surface area (Å²) in [6, 6.07) is 3.27. The van der Waals surface area contributed by atoms with Crippen LogP contribution in [0.2, 0.25) is 0 Å². The largest absolute Gasteiger partial charge is 0.314 e. The van der Waals surface area contributed by atoms with E-state index in [0.29, 0.717) is 13.1 Å². The second kappa shape index (κ2) is 7.72. The van der Waals surface area contributed by atoms with Crippen molar-refractivity contribution in [2.75, 3.05) is 32.9 Å². The summed E-state index contributed by atoms with van der Waals surface area (Å²) in [6.07, 6.45) is 0.123. The number of halogens is 4. The van der Waals surface area contributed by atoms with Gasteiger partial charge in [-0.3, -0.25) is 9.29 Å². The maximum atomic E-state index is 13.8. The summed E-state index contributed by atoms with van der Waals surface area (Å²) in [4.78, 5) is 1.94. The molecular formula is C13H18ClF3N2. The van der Waals surface area contributed by atoms with Crippen molar-refractivity contribution in [1.82, 2.24) is 10.2 Å². The van der Waals surface area contributed by atoms with Gasteiger partial charge in [-0.1, -0.05) is 6.07 Å². The molecule has 0 spiro atoms. The summed E-state index contributed by atoms with van der Waals surface area (Å²) in [5.41, 5.74) is -0.00273. The minimum atomic E-state index is -0.591. The molecule has 0 saturated carbocycles. The Balaban J connectivity index is 0.00000180. The van der Waals surface area contributed by atoms with Gasteiger partial charge in [-0.05, 0) is 18.6 Å². The average molecular weight is 295 g/mol. The van der Waals surface area contributed by atoms with E-state index >= 15 is 0 Å². The highest BCUT2D eigenvalue weighted by molar-refractivity contribution is 5.85. The van der Waals surface area contributed by atoms with Gasteiger partial charge in [0.15, 0.2) is 0 Å². The molecule has 1 aliphatic rings. The Hall–Kier alpha value is -0.780. The lowest BCUT2D eigenvalue weighted by Gasteiger charge is -2.35. The number of benzene rings is 1. The average Bonchev–Trinajstić information content (AvgIpc) is 2.38. The van der Waals surface area contributed by atoms with Gasteiger partial charge in [0, 0.05) is 37.8 Å². The van der Waals surface area contributed by atoms with Gasteiger partial charge in [-0.25, -0.2) is 8.78 Å². The summed E-state index contributed by atoms with van der Waals surface area (Å²) in [6.45, 7) is 2.30. The van der Waals surface area contributed by atoms with Gasteiger partial charge >= 0.3 is 0 Å². The molecule has 0 aromatic heterocycles. The summed E-state index contributed by atoms with van der Waals surface area (Å²) in [5.74, 6) is -1.18. The van der Waals surface area contributed by atoms with Crippen LogP contribution in [0.3, 0.4) is 0 Å². The predicted molar refractivity (Wildman–Crippen MR) is 71.4 cm³/mol. The molecule has 6 heteroatoms. The number of alkyl halides is 1. The third-order valence-electron chi connectivity index (χ3n) is 3.31. The maximum absolute atomic E-state index is 13.8. The Morgan fingerprint density at radius 1 is 1.16 bits per heavy atom. The standard InChI is InChI=1S/C13H17F3N2.ClH/c14-5-4-12(18-8-6-17-7-9-18)13-10(15)2-1-3-11(13)16;/h1-3,12,17H,4-9H2;1H/t12-;/m1./s1. The third-order valence-corrected chi connectivity index (χ3v) is 3.31. The van der Waals surface area contributed by atoms with Crippen LogP contribution in [0.25, 0.3) is 0 Å². The van der Waals surface area contributed by atoms with E-state index < -0.39 is 24.4 Å². The number of hydrogen-bond donors (Lipinski definition) is 1.